The molecule has 0 bridgehead atoms. The summed E-state index contributed by atoms with van der Waals surface area (Å²) in [6, 6.07) is 4.66. The van der Waals surface area contributed by atoms with Crippen LogP contribution in [0.4, 0.5) is 0 Å². The smallest absolute Gasteiger partial charge is 0.129 e. The average molecular weight is 221 g/mol. The topological polar surface area (TPSA) is 33.5 Å². The molecule has 1 saturated carbocycles. The summed E-state index contributed by atoms with van der Waals surface area (Å²) in [6.07, 6.45) is 5.96. The highest BCUT2D eigenvalue weighted by Crippen LogP contribution is 2.28. The first-order chi connectivity index (χ1) is 7.75. The normalized spacial score (nSPS) is 15.6. The Morgan fingerprint density at radius 3 is 2.94 bits per heavy atom. The van der Waals surface area contributed by atoms with E-state index in [4.69, 9.17) is 4.42 Å². The van der Waals surface area contributed by atoms with Crippen molar-refractivity contribution in [3.8, 4) is 0 Å². The van der Waals surface area contributed by atoms with Crippen molar-refractivity contribution in [2.75, 3.05) is 6.54 Å². The quantitative estimate of drug-likeness (QED) is 0.709. The van der Waals surface area contributed by atoms with Crippen molar-refractivity contribution in [1.82, 2.24) is 4.90 Å². The van der Waals surface area contributed by atoms with Crippen LogP contribution in [0.5, 0.6) is 0 Å². The van der Waals surface area contributed by atoms with E-state index >= 15 is 0 Å². The molecule has 2 rings (SSSR count). The second kappa shape index (κ2) is 5.30. The molecule has 0 aromatic carbocycles. The molecule has 0 aliphatic heterocycles. The molecular weight excluding hydrogens is 202 g/mol. The van der Waals surface area contributed by atoms with Gasteiger partial charge in [0.1, 0.15) is 11.5 Å². The van der Waals surface area contributed by atoms with E-state index in [9.17, 15) is 4.79 Å². The highest BCUT2D eigenvalue weighted by Gasteiger charge is 2.28. The van der Waals surface area contributed by atoms with E-state index in [1.165, 1.54) is 12.8 Å². The zero-order chi connectivity index (χ0) is 11.4. The first-order valence-electron chi connectivity index (χ1n) is 6.01. The van der Waals surface area contributed by atoms with Crippen molar-refractivity contribution in [3.63, 3.8) is 0 Å². The van der Waals surface area contributed by atoms with E-state index in [0.717, 1.165) is 31.3 Å². The number of carbonyl (C=O) groups is 1. The average Bonchev–Trinajstić information content (AvgIpc) is 2.96. The van der Waals surface area contributed by atoms with E-state index in [-0.39, 0.29) is 5.78 Å². The molecule has 0 amide bonds. The van der Waals surface area contributed by atoms with Crippen molar-refractivity contribution < 1.29 is 9.21 Å². The van der Waals surface area contributed by atoms with E-state index in [0.29, 0.717) is 6.42 Å². The van der Waals surface area contributed by atoms with Crippen LogP contribution in [-0.2, 0) is 11.3 Å². The predicted molar refractivity (Wildman–Crippen MR) is 62.1 cm³/mol. The molecule has 0 unspecified atom stereocenters. The molecule has 1 heterocycles. The Hall–Kier alpha value is -1.09. The third-order valence-electron chi connectivity index (χ3n) is 2.98. The van der Waals surface area contributed by atoms with Crippen molar-refractivity contribution in [3.05, 3.63) is 24.2 Å². The van der Waals surface area contributed by atoms with Gasteiger partial charge in [-0.3, -0.25) is 4.90 Å². The molecule has 0 spiro atoms. The SMILES string of the molecule is CC(=O)CCCN(Cc1ccco1)C1CC1. The molecule has 0 saturated heterocycles. The fourth-order valence-electron chi connectivity index (χ4n) is 1.96. The Morgan fingerprint density at radius 1 is 1.56 bits per heavy atom. The summed E-state index contributed by atoms with van der Waals surface area (Å²) in [5, 5.41) is 0. The maximum atomic E-state index is 10.9. The lowest BCUT2D eigenvalue weighted by Crippen LogP contribution is -2.26. The Labute approximate surface area is 96.4 Å². The van der Waals surface area contributed by atoms with Crippen LogP contribution in [0.25, 0.3) is 0 Å². The van der Waals surface area contributed by atoms with Crippen LogP contribution in [0.2, 0.25) is 0 Å². The van der Waals surface area contributed by atoms with E-state index < -0.39 is 0 Å². The molecule has 0 radical (unpaired) electrons. The standard InChI is InChI=1S/C13H19NO2/c1-11(15)4-2-8-14(12-6-7-12)10-13-5-3-9-16-13/h3,5,9,12H,2,4,6-8,10H2,1H3. The molecule has 16 heavy (non-hydrogen) atoms. The van der Waals surface area contributed by atoms with E-state index in [2.05, 4.69) is 4.90 Å². The third-order valence-corrected chi connectivity index (χ3v) is 2.98. The molecule has 0 N–H and O–H groups in total. The van der Waals surface area contributed by atoms with Gasteiger partial charge in [-0.15, -0.1) is 0 Å². The number of carbonyl (C=O) groups excluding carboxylic acids is 1. The zero-order valence-corrected chi connectivity index (χ0v) is 9.82. The molecule has 1 aliphatic rings. The van der Waals surface area contributed by atoms with Gasteiger partial charge in [0.2, 0.25) is 0 Å². The van der Waals surface area contributed by atoms with Gasteiger partial charge in [-0.05, 0) is 44.9 Å². The van der Waals surface area contributed by atoms with Gasteiger partial charge < -0.3 is 9.21 Å². The largest absolute Gasteiger partial charge is 0.468 e. The number of ketones is 1. The van der Waals surface area contributed by atoms with Crippen LogP contribution in [0, 0.1) is 0 Å². The number of Topliss-reactive ketones (excluding diaryl/α,β-unsaturated/α-hetero) is 1. The second-order valence-corrected chi connectivity index (χ2v) is 4.59. The zero-order valence-electron chi connectivity index (χ0n) is 9.82. The third kappa shape index (κ3) is 3.49. The molecule has 88 valence electrons. The van der Waals surface area contributed by atoms with Crippen LogP contribution in [0.1, 0.15) is 38.4 Å². The summed E-state index contributed by atoms with van der Waals surface area (Å²) < 4.78 is 5.36. The second-order valence-electron chi connectivity index (χ2n) is 4.59. The van der Waals surface area contributed by atoms with Crippen LogP contribution >= 0.6 is 0 Å². The monoisotopic (exact) mass is 221 g/mol. The lowest BCUT2D eigenvalue weighted by atomic mass is 10.2. The van der Waals surface area contributed by atoms with Gasteiger partial charge in [0.05, 0.1) is 12.8 Å². The molecule has 1 aromatic heterocycles. The van der Waals surface area contributed by atoms with Crippen molar-refractivity contribution >= 4 is 5.78 Å². The maximum absolute atomic E-state index is 10.9. The van der Waals surface area contributed by atoms with Gasteiger partial charge in [0.25, 0.3) is 0 Å². The number of rotatable bonds is 7. The molecule has 3 nitrogen and oxygen atoms in total. The lowest BCUT2D eigenvalue weighted by Gasteiger charge is -2.20. The Morgan fingerprint density at radius 2 is 2.38 bits per heavy atom. The summed E-state index contributed by atoms with van der Waals surface area (Å²) in [4.78, 5) is 13.3. The van der Waals surface area contributed by atoms with Gasteiger partial charge in [-0.25, -0.2) is 0 Å². The maximum Gasteiger partial charge on any atom is 0.129 e. The first kappa shape index (κ1) is 11.4. The van der Waals surface area contributed by atoms with Gasteiger partial charge >= 0.3 is 0 Å². The summed E-state index contributed by atoms with van der Waals surface area (Å²) in [7, 11) is 0. The predicted octanol–water partition coefficient (Wildman–Crippen LogP) is 2.61. The van der Waals surface area contributed by atoms with Crippen LogP contribution in [0.15, 0.2) is 22.8 Å². The minimum absolute atomic E-state index is 0.286. The van der Waals surface area contributed by atoms with Crippen LogP contribution in [-0.4, -0.2) is 23.3 Å². The Kier molecular flexibility index (Phi) is 3.78. The minimum atomic E-state index is 0.286. The summed E-state index contributed by atoms with van der Waals surface area (Å²) in [6.45, 7) is 3.55. The van der Waals surface area contributed by atoms with Gasteiger partial charge in [0, 0.05) is 12.5 Å². The number of furan rings is 1. The fraction of sp³-hybridized carbons (Fsp3) is 0.615. The van der Waals surface area contributed by atoms with Crippen molar-refractivity contribution in [2.45, 2.75) is 45.2 Å². The van der Waals surface area contributed by atoms with Crippen LogP contribution in [0.3, 0.4) is 0 Å². The highest BCUT2D eigenvalue weighted by atomic mass is 16.3. The number of hydrogen-bond donors (Lipinski definition) is 0. The van der Waals surface area contributed by atoms with Gasteiger partial charge in [-0.1, -0.05) is 0 Å². The molecule has 0 atom stereocenters. The van der Waals surface area contributed by atoms with Crippen molar-refractivity contribution in [2.24, 2.45) is 0 Å². The number of hydrogen-bond acceptors (Lipinski definition) is 3. The molecule has 1 aromatic rings. The molecular formula is C13H19NO2. The van der Waals surface area contributed by atoms with E-state index in [1.54, 1.807) is 13.2 Å². The van der Waals surface area contributed by atoms with Gasteiger partial charge in [-0.2, -0.15) is 0 Å². The Bertz CT molecular complexity index is 328. The van der Waals surface area contributed by atoms with Gasteiger partial charge in [0.15, 0.2) is 0 Å². The molecule has 1 fully saturated rings. The fourth-order valence-corrected chi connectivity index (χ4v) is 1.96. The minimum Gasteiger partial charge on any atom is -0.468 e. The molecule has 1 aliphatic carbocycles. The van der Waals surface area contributed by atoms with Crippen LogP contribution < -0.4 is 0 Å². The number of nitrogens with zero attached hydrogens (tertiary/aromatic N) is 1. The van der Waals surface area contributed by atoms with Crippen molar-refractivity contribution in [1.29, 1.82) is 0 Å². The lowest BCUT2D eigenvalue weighted by molar-refractivity contribution is -0.117. The Balaban J connectivity index is 1.78. The molecule has 3 heteroatoms. The summed E-state index contributed by atoms with van der Waals surface area (Å²) in [5.74, 6) is 1.31. The summed E-state index contributed by atoms with van der Waals surface area (Å²) in [5.41, 5.74) is 0. The summed E-state index contributed by atoms with van der Waals surface area (Å²) >= 11 is 0. The van der Waals surface area contributed by atoms with E-state index in [1.807, 2.05) is 12.1 Å². The first-order valence-corrected chi connectivity index (χ1v) is 6.01. The highest BCUT2D eigenvalue weighted by molar-refractivity contribution is 5.75.